The van der Waals surface area contributed by atoms with Gasteiger partial charge in [0.05, 0.1) is 6.61 Å². The topological polar surface area (TPSA) is 41.6 Å². The SMILES string of the molecule is O=C(OC[C@@H]1CCCN2CCCC[C@H]12)[C@H]1CCCCN1. The number of rotatable bonds is 3. The molecule has 3 fully saturated rings. The van der Waals surface area contributed by atoms with Crippen molar-refractivity contribution in [1.29, 1.82) is 0 Å². The molecule has 3 aliphatic rings. The normalized spacial score (nSPS) is 35.3. The lowest BCUT2D eigenvalue weighted by Crippen LogP contribution is -2.50. The quantitative estimate of drug-likeness (QED) is 0.802. The van der Waals surface area contributed by atoms with Gasteiger partial charge in [-0.2, -0.15) is 0 Å². The Morgan fingerprint density at radius 1 is 1.05 bits per heavy atom. The van der Waals surface area contributed by atoms with Crippen LogP contribution in [-0.2, 0) is 9.53 Å². The molecule has 114 valence electrons. The predicted molar refractivity (Wildman–Crippen MR) is 78.5 cm³/mol. The molecule has 4 nitrogen and oxygen atoms in total. The first-order valence-corrected chi connectivity index (χ1v) is 8.48. The van der Waals surface area contributed by atoms with Gasteiger partial charge >= 0.3 is 5.97 Å². The van der Waals surface area contributed by atoms with Crippen molar-refractivity contribution < 1.29 is 9.53 Å². The van der Waals surface area contributed by atoms with Gasteiger partial charge in [0.1, 0.15) is 6.04 Å². The Balaban J connectivity index is 1.48. The van der Waals surface area contributed by atoms with Crippen molar-refractivity contribution in [3.05, 3.63) is 0 Å². The van der Waals surface area contributed by atoms with Crippen molar-refractivity contribution in [2.75, 3.05) is 26.2 Å². The van der Waals surface area contributed by atoms with Gasteiger partial charge in [0, 0.05) is 12.0 Å². The smallest absolute Gasteiger partial charge is 0.323 e. The molecule has 0 aromatic carbocycles. The summed E-state index contributed by atoms with van der Waals surface area (Å²) in [5.41, 5.74) is 0. The third-order valence-electron chi connectivity index (χ3n) is 5.26. The van der Waals surface area contributed by atoms with Crippen molar-refractivity contribution >= 4 is 5.97 Å². The second-order valence-electron chi connectivity index (χ2n) is 6.63. The lowest BCUT2D eigenvalue weighted by Gasteiger charge is -2.44. The molecule has 20 heavy (non-hydrogen) atoms. The van der Waals surface area contributed by atoms with Crippen LogP contribution in [0.25, 0.3) is 0 Å². The molecule has 3 saturated heterocycles. The summed E-state index contributed by atoms with van der Waals surface area (Å²) >= 11 is 0. The molecule has 3 atom stereocenters. The van der Waals surface area contributed by atoms with E-state index in [1.807, 2.05) is 0 Å². The second-order valence-corrected chi connectivity index (χ2v) is 6.63. The van der Waals surface area contributed by atoms with E-state index in [-0.39, 0.29) is 12.0 Å². The lowest BCUT2D eigenvalue weighted by molar-refractivity contribution is -0.149. The highest BCUT2D eigenvalue weighted by Gasteiger charge is 2.34. The summed E-state index contributed by atoms with van der Waals surface area (Å²) in [5.74, 6) is 0.550. The zero-order chi connectivity index (χ0) is 13.8. The molecular formula is C16H28N2O2. The average Bonchev–Trinajstić information content (AvgIpc) is 2.53. The first-order chi connectivity index (χ1) is 9.84. The van der Waals surface area contributed by atoms with Crippen LogP contribution in [0, 0.1) is 5.92 Å². The first kappa shape index (κ1) is 14.3. The molecule has 1 N–H and O–H groups in total. The molecule has 4 heteroatoms. The van der Waals surface area contributed by atoms with E-state index in [0.29, 0.717) is 18.6 Å². The Morgan fingerprint density at radius 3 is 2.75 bits per heavy atom. The maximum atomic E-state index is 12.1. The van der Waals surface area contributed by atoms with E-state index in [9.17, 15) is 4.79 Å². The van der Waals surface area contributed by atoms with Crippen LogP contribution in [0.1, 0.15) is 51.4 Å². The van der Waals surface area contributed by atoms with Crippen molar-refractivity contribution in [3.63, 3.8) is 0 Å². The molecule has 0 bridgehead atoms. The first-order valence-electron chi connectivity index (χ1n) is 8.48. The van der Waals surface area contributed by atoms with Crippen LogP contribution in [0.3, 0.4) is 0 Å². The molecule has 0 aromatic heterocycles. The fourth-order valence-electron chi connectivity index (χ4n) is 4.11. The highest BCUT2D eigenvalue weighted by molar-refractivity contribution is 5.75. The van der Waals surface area contributed by atoms with Gasteiger partial charge in [-0.1, -0.05) is 12.8 Å². The summed E-state index contributed by atoms with van der Waals surface area (Å²) in [5, 5.41) is 3.28. The highest BCUT2D eigenvalue weighted by atomic mass is 16.5. The molecule has 0 saturated carbocycles. The molecule has 0 amide bonds. The second kappa shape index (κ2) is 6.90. The molecular weight excluding hydrogens is 252 g/mol. The van der Waals surface area contributed by atoms with Crippen LogP contribution in [0.5, 0.6) is 0 Å². The molecule has 0 radical (unpaired) electrons. The Kier molecular flexibility index (Phi) is 4.94. The average molecular weight is 280 g/mol. The standard InChI is InChI=1S/C16H28N2O2/c19-16(14-7-1-3-9-17-14)20-12-13-6-5-11-18-10-4-2-8-15(13)18/h13-15,17H,1-12H2/t13-,14+,15+/m0/s1. The fourth-order valence-corrected chi connectivity index (χ4v) is 4.11. The lowest BCUT2D eigenvalue weighted by atomic mass is 9.84. The largest absolute Gasteiger partial charge is 0.464 e. The van der Waals surface area contributed by atoms with Crippen LogP contribution in [0.4, 0.5) is 0 Å². The highest BCUT2D eigenvalue weighted by Crippen LogP contribution is 2.31. The van der Waals surface area contributed by atoms with Gasteiger partial charge in [-0.05, 0) is 58.2 Å². The zero-order valence-corrected chi connectivity index (χ0v) is 12.5. The Hall–Kier alpha value is -0.610. The van der Waals surface area contributed by atoms with Crippen molar-refractivity contribution in [3.8, 4) is 0 Å². The number of carbonyl (C=O) groups is 1. The molecule has 0 spiro atoms. The van der Waals surface area contributed by atoms with E-state index in [2.05, 4.69) is 10.2 Å². The molecule has 3 aliphatic heterocycles. The van der Waals surface area contributed by atoms with Crippen molar-refractivity contribution in [2.24, 2.45) is 5.92 Å². The third kappa shape index (κ3) is 3.34. The summed E-state index contributed by atoms with van der Waals surface area (Å²) in [6, 6.07) is 0.624. The van der Waals surface area contributed by atoms with Gasteiger partial charge in [-0.15, -0.1) is 0 Å². The van der Waals surface area contributed by atoms with E-state index in [1.165, 1.54) is 51.6 Å². The molecule has 3 heterocycles. The summed E-state index contributed by atoms with van der Waals surface area (Å²) in [6.07, 6.45) is 9.75. The number of piperidine rings is 3. The minimum absolute atomic E-state index is 0.0161. The summed E-state index contributed by atoms with van der Waals surface area (Å²) in [4.78, 5) is 14.7. The van der Waals surface area contributed by atoms with E-state index < -0.39 is 0 Å². The van der Waals surface area contributed by atoms with Crippen LogP contribution >= 0.6 is 0 Å². The van der Waals surface area contributed by atoms with Crippen molar-refractivity contribution in [2.45, 2.75) is 63.5 Å². The van der Waals surface area contributed by atoms with E-state index in [1.54, 1.807) is 0 Å². The van der Waals surface area contributed by atoms with Gasteiger partial charge in [-0.25, -0.2) is 0 Å². The Bertz CT molecular complexity index is 326. The van der Waals surface area contributed by atoms with Crippen LogP contribution < -0.4 is 5.32 Å². The number of fused-ring (bicyclic) bond motifs is 1. The van der Waals surface area contributed by atoms with E-state index in [4.69, 9.17) is 4.74 Å². The molecule has 0 unspecified atom stereocenters. The van der Waals surface area contributed by atoms with Crippen molar-refractivity contribution in [1.82, 2.24) is 10.2 Å². The number of carbonyl (C=O) groups excluding carboxylic acids is 1. The minimum Gasteiger partial charge on any atom is -0.464 e. The van der Waals surface area contributed by atoms with Gasteiger partial charge in [0.25, 0.3) is 0 Å². The number of hydrogen-bond acceptors (Lipinski definition) is 4. The van der Waals surface area contributed by atoms with Gasteiger partial charge < -0.3 is 10.1 Å². The number of nitrogens with one attached hydrogen (secondary N) is 1. The maximum absolute atomic E-state index is 12.1. The van der Waals surface area contributed by atoms with E-state index in [0.717, 1.165) is 19.4 Å². The maximum Gasteiger partial charge on any atom is 0.323 e. The fraction of sp³-hybridized carbons (Fsp3) is 0.938. The van der Waals surface area contributed by atoms with Crippen LogP contribution in [0.2, 0.25) is 0 Å². The number of hydrogen-bond donors (Lipinski definition) is 1. The Morgan fingerprint density at radius 2 is 1.90 bits per heavy atom. The number of nitrogens with zero attached hydrogens (tertiary/aromatic N) is 1. The summed E-state index contributed by atoms with van der Waals surface area (Å²) in [6.45, 7) is 4.09. The molecule has 0 aromatic rings. The zero-order valence-electron chi connectivity index (χ0n) is 12.5. The molecule has 0 aliphatic carbocycles. The van der Waals surface area contributed by atoms with Crippen LogP contribution in [0.15, 0.2) is 0 Å². The van der Waals surface area contributed by atoms with Gasteiger partial charge in [0.2, 0.25) is 0 Å². The predicted octanol–water partition coefficient (Wildman–Crippen LogP) is 1.94. The number of ether oxygens (including phenoxy) is 1. The van der Waals surface area contributed by atoms with Gasteiger partial charge in [0.15, 0.2) is 0 Å². The minimum atomic E-state index is -0.0465. The van der Waals surface area contributed by atoms with Gasteiger partial charge in [-0.3, -0.25) is 9.69 Å². The van der Waals surface area contributed by atoms with Crippen LogP contribution in [-0.4, -0.2) is 49.2 Å². The summed E-state index contributed by atoms with van der Waals surface area (Å²) < 4.78 is 5.64. The van der Waals surface area contributed by atoms with E-state index >= 15 is 0 Å². The molecule has 3 rings (SSSR count). The monoisotopic (exact) mass is 280 g/mol. The number of esters is 1. The third-order valence-corrected chi connectivity index (χ3v) is 5.26. The Labute approximate surface area is 122 Å². The summed E-state index contributed by atoms with van der Waals surface area (Å²) in [7, 11) is 0.